The molecule has 57 heavy (non-hydrogen) atoms. The summed E-state index contributed by atoms with van der Waals surface area (Å²) in [7, 11) is 1.30. The van der Waals surface area contributed by atoms with Crippen molar-refractivity contribution in [2.24, 2.45) is 0 Å². The average molecular weight is 783 g/mol. The quantitative estimate of drug-likeness (QED) is 0.0977. The van der Waals surface area contributed by atoms with Gasteiger partial charge in [-0.3, -0.25) is 4.79 Å². The number of hydrogen-bond donors (Lipinski definition) is 0. The van der Waals surface area contributed by atoms with E-state index in [0.29, 0.717) is 51.8 Å². The minimum atomic E-state index is -2.77. The van der Waals surface area contributed by atoms with E-state index in [4.69, 9.17) is 19.1 Å². The molecule has 1 unspecified atom stereocenters. The van der Waals surface area contributed by atoms with Gasteiger partial charge in [-0.05, 0) is 72.4 Å². The number of anilines is 2. The highest BCUT2D eigenvalue weighted by atomic mass is 28.4. The molecule has 4 aromatic carbocycles. The Morgan fingerprint density at radius 2 is 1.60 bits per heavy atom. The Kier molecular flexibility index (Phi) is 12.1. The normalized spacial score (nSPS) is 16.2. The number of aromatic nitrogens is 2. The van der Waals surface area contributed by atoms with Crippen LogP contribution in [0.4, 0.5) is 11.5 Å². The zero-order valence-electron chi connectivity index (χ0n) is 34.6. The van der Waals surface area contributed by atoms with Crippen molar-refractivity contribution in [3.8, 4) is 6.01 Å². The van der Waals surface area contributed by atoms with Gasteiger partial charge in [0.05, 0.1) is 18.3 Å². The number of amides is 1. The summed E-state index contributed by atoms with van der Waals surface area (Å²) in [5.74, 6) is 0.862. The van der Waals surface area contributed by atoms with Crippen LogP contribution in [0.3, 0.4) is 0 Å². The number of carbonyl (C=O) groups is 1. The first-order valence-electron chi connectivity index (χ1n) is 20.3. The number of nitrogens with zero attached hydrogens (tertiary/aromatic N) is 6. The number of aryl methyl sites for hydroxylation is 1. The summed E-state index contributed by atoms with van der Waals surface area (Å²) in [4.78, 5) is 32.3. The number of benzene rings is 4. The molecule has 2 aliphatic heterocycles. The van der Waals surface area contributed by atoms with E-state index in [-0.39, 0.29) is 17.0 Å². The van der Waals surface area contributed by atoms with Crippen LogP contribution in [0.1, 0.15) is 44.0 Å². The maximum Gasteiger partial charge on any atom is 0.318 e. The smallest absolute Gasteiger partial charge is 0.318 e. The van der Waals surface area contributed by atoms with E-state index in [0.717, 1.165) is 36.6 Å². The van der Waals surface area contributed by atoms with Gasteiger partial charge in [-0.15, -0.1) is 0 Å². The third-order valence-electron chi connectivity index (χ3n) is 11.5. The van der Waals surface area contributed by atoms with E-state index in [1.165, 1.54) is 38.5 Å². The highest BCUT2D eigenvalue weighted by Crippen LogP contribution is 2.39. The Bertz CT molecular complexity index is 2130. The topological polar surface area (TPSA) is 74.3 Å². The fraction of sp³-hybridized carbons (Fsp3) is 0.383. The zero-order valence-corrected chi connectivity index (χ0v) is 35.6. The SMILES string of the molecule is C=CC(=O)N1CCN(c2nc(OCCN(C)C)nc3c2CCN(c2cc(C)cc4ccccc24)C3)C(CCO[Si](c2ccccc2)(c2ccccc2)C(C)(C)C)C1. The zero-order chi connectivity index (χ0) is 40.2. The lowest BCUT2D eigenvalue weighted by molar-refractivity contribution is -0.126. The van der Waals surface area contributed by atoms with Gasteiger partial charge in [0.15, 0.2) is 0 Å². The van der Waals surface area contributed by atoms with E-state index in [1.54, 1.807) is 0 Å². The first-order chi connectivity index (χ1) is 27.5. The van der Waals surface area contributed by atoms with Crippen molar-refractivity contribution in [3.63, 3.8) is 0 Å². The Morgan fingerprint density at radius 3 is 2.26 bits per heavy atom. The van der Waals surface area contributed by atoms with Crippen LogP contribution in [-0.4, -0.2) is 100 Å². The van der Waals surface area contributed by atoms with Crippen LogP contribution in [0.2, 0.25) is 5.04 Å². The monoisotopic (exact) mass is 782 g/mol. The molecule has 1 fully saturated rings. The molecule has 9 nitrogen and oxygen atoms in total. The predicted molar refractivity (Wildman–Crippen MR) is 236 cm³/mol. The molecule has 0 bridgehead atoms. The lowest BCUT2D eigenvalue weighted by Gasteiger charge is -2.45. The second-order valence-electron chi connectivity index (χ2n) is 16.7. The van der Waals surface area contributed by atoms with Crippen molar-refractivity contribution in [1.82, 2.24) is 19.8 Å². The van der Waals surface area contributed by atoms with Crippen LogP contribution in [-0.2, 0) is 22.2 Å². The standard InChI is InChI=1S/C47H58N6O3Si/c1-8-44(54)52-26-27-53(37(33-52)24-29-56-57(47(3,4)5,38-18-11-9-12-19-38)39-20-13-10-14-21-39)45-41-23-25-51(34-42(41)48-46(49-45)55-30-28-50(6)7)43-32-35(2)31-36-17-15-16-22-40(36)43/h8-22,31-32,37H,1,23-30,33-34H2,2-7H3. The maximum absolute atomic E-state index is 13.1. The van der Waals surface area contributed by atoms with Crippen molar-refractivity contribution in [2.45, 2.75) is 58.2 Å². The van der Waals surface area contributed by atoms with Gasteiger partial charge in [-0.2, -0.15) is 9.97 Å². The third kappa shape index (κ3) is 8.49. The van der Waals surface area contributed by atoms with E-state index >= 15 is 0 Å². The summed E-state index contributed by atoms with van der Waals surface area (Å²) in [6, 6.07) is 35.1. The van der Waals surface area contributed by atoms with Gasteiger partial charge < -0.3 is 28.8 Å². The average Bonchev–Trinajstić information content (AvgIpc) is 3.21. The van der Waals surface area contributed by atoms with E-state index in [9.17, 15) is 4.79 Å². The highest BCUT2D eigenvalue weighted by molar-refractivity contribution is 6.99. The molecule has 0 saturated carbocycles. The molecule has 1 amide bonds. The van der Waals surface area contributed by atoms with Crippen molar-refractivity contribution in [3.05, 3.63) is 127 Å². The summed E-state index contributed by atoms with van der Waals surface area (Å²) in [6.45, 7) is 17.9. The van der Waals surface area contributed by atoms with Crippen molar-refractivity contribution < 1.29 is 14.0 Å². The minimum absolute atomic E-state index is 0.0479. The Hall–Kier alpha value is -5.03. The van der Waals surface area contributed by atoms with E-state index in [2.05, 4.69) is 146 Å². The van der Waals surface area contributed by atoms with Crippen LogP contribution >= 0.6 is 0 Å². The van der Waals surface area contributed by atoms with Crippen LogP contribution in [0, 0.1) is 6.92 Å². The number of piperazine rings is 1. The fourth-order valence-electron chi connectivity index (χ4n) is 8.73. The van der Waals surface area contributed by atoms with Gasteiger partial charge in [0.1, 0.15) is 12.4 Å². The van der Waals surface area contributed by atoms with E-state index in [1.807, 2.05) is 19.0 Å². The third-order valence-corrected chi connectivity index (χ3v) is 16.6. The molecule has 7 rings (SSSR count). The lowest BCUT2D eigenvalue weighted by Crippen LogP contribution is -2.67. The fourth-order valence-corrected chi connectivity index (χ4v) is 13.3. The lowest BCUT2D eigenvalue weighted by atomic mass is 9.99. The van der Waals surface area contributed by atoms with Crippen molar-refractivity contribution >= 4 is 46.9 Å². The molecule has 1 saturated heterocycles. The first kappa shape index (κ1) is 40.2. The Morgan fingerprint density at radius 1 is 0.912 bits per heavy atom. The number of carbonyl (C=O) groups excluding carboxylic acids is 1. The summed E-state index contributed by atoms with van der Waals surface area (Å²) in [6.07, 6.45) is 2.93. The number of ether oxygens (including phenoxy) is 1. The van der Waals surface area contributed by atoms with E-state index < -0.39 is 8.32 Å². The molecular formula is C47H58N6O3Si. The van der Waals surface area contributed by atoms with Crippen molar-refractivity contribution in [2.75, 3.05) is 69.8 Å². The molecule has 0 N–H and O–H groups in total. The molecule has 0 aliphatic carbocycles. The summed E-state index contributed by atoms with van der Waals surface area (Å²) in [5, 5.41) is 4.84. The number of rotatable bonds is 13. The maximum atomic E-state index is 13.1. The Balaban J connectivity index is 1.25. The summed E-state index contributed by atoms with van der Waals surface area (Å²) >= 11 is 0. The second-order valence-corrected chi connectivity index (χ2v) is 21.0. The van der Waals surface area contributed by atoms with Crippen LogP contribution in [0.25, 0.3) is 10.8 Å². The predicted octanol–water partition coefficient (Wildman–Crippen LogP) is 6.61. The molecule has 10 heteroatoms. The van der Waals surface area contributed by atoms with Gasteiger partial charge in [0, 0.05) is 56.0 Å². The van der Waals surface area contributed by atoms with Crippen molar-refractivity contribution in [1.29, 1.82) is 0 Å². The number of likely N-dealkylation sites (N-methyl/N-ethyl adjacent to an activating group) is 1. The molecule has 298 valence electrons. The highest BCUT2D eigenvalue weighted by Gasteiger charge is 2.50. The summed E-state index contributed by atoms with van der Waals surface area (Å²) in [5.41, 5.74) is 4.61. The van der Waals surface area contributed by atoms with Gasteiger partial charge in [0.25, 0.3) is 8.32 Å². The van der Waals surface area contributed by atoms with Gasteiger partial charge in [-0.25, -0.2) is 0 Å². The largest absolute Gasteiger partial charge is 0.462 e. The Labute approximate surface area is 340 Å². The first-order valence-corrected chi connectivity index (χ1v) is 22.2. The summed E-state index contributed by atoms with van der Waals surface area (Å²) < 4.78 is 13.7. The molecule has 0 spiro atoms. The van der Waals surface area contributed by atoms with Crippen LogP contribution < -0.4 is 24.9 Å². The van der Waals surface area contributed by atoms with Crippen LogP contribution in [0.5, 0.6) is 6.01 Å². The molecule has 0 radical (unpaired) electrons. The molecule has 3 heterocycles. The number of hydrogen-bond acceptors (Lipinski definition) is 8. The van der Waals surface area contributed by atoms with Gasteiger partial charge in [-0.1, -0.05) is 118 Å². The van der Waals surface area contributed by atoms with Gasteiger partial charge in [0.2, 0.25) is 5.91 Å². The molecule has 1 atom stereocenters. The van der Waals surface area contributed by atoms with Crippen LogP contribution in [0.15, 0.2) is 110 Å². The number of fused-ring (bicyclic) bond motifs is 2. The van der Waals surface area contributed by atoms with Gasteiger partial charge >= 0.3 is 6.01 Å². The molecule has 5 aromatic rings. The molecule has 2 aliphatic rings. The molecule has 1 aromatic heterocycles. The minimum Gasteiger partial charge on any atom is -0.462 e. The molecular weight excluding hydrogens is 725 g/mol. The second kappa shape index (κ2) is 17.2.